The third kappa shape index (κ3) is 3.05. The Morgan fingerprint density at radius 1 is 1.38 bits per heavy atom. The fourth-order valence-electron chi connectivity index (χ4n) is 3.98. The number of benzene rings is 1. The monoisotopic (exact) mass is 329 g/mol. The standard InChI is InChI=1S/C19H27N3O2/c1-4-16(19(23)24)21-11-7-8-14(12-21)18-20-15-9-5-6-10-17(15)22(18)13(2)3/h5-6,9-10,13-14,16H,4,7-8,11-12H2,1-3H3,(H,23,24)/t14-,16+/m0/s1. The Hall–Kier alpha value is -1.88. The van der Waals surface area contributed by atoms with Gasteiger partial charge >= 0.3 is 5.97 Å². The predicted molar refractivity (Wildman–Crippen MR) is 95.4 cm³/mol. The first-order valence-corrected chi connectivity index (χ1v) is 8.96. The van der Waals surface area contributed by atoms with E-state index in [1.54, 1.807) is 0 Å². The quantitative estimate of drug-likeness (QED) is 0.909. The van der Waals surface area contributed by atoms with Crippen LogP contribution >= 0.6 is 0 Å². The number of para-hydroxylation sites is 2. The lowest BCUT2D eigenvalue weighted by molar-refractivity contribution is -0.144. The van der Waals surface area contributed by atoms with Gasteiger partial charge in [0.05, 0.1) is 11.0 Å². The van der Waals surface area contributed by atoms with Crippen LogP contribution in [0.25, 0.3) is 11.0 Å². The molecule has 0 unspecified atom stereocenters. The molecule has 1 aliphatic rings. The van der Waals surface area contributed by atoms with Crippen molar-refractivity contribution in [2.75, 3.05) is 13.1 Å². The first-order chi connectivity index (χ1) is 11.5. The highest BCUT2D eigenvalue weighted by molar-refractivity contribution is 5.76. The molecule has 5 nitrogen and oxygen atoms in total. The maximum absolute atomic E-state index is 11.5. The van der Waals surface area contributed by atoms with Crippen LogP contribution in [0, 0.1) is 0 Å². The van der Waals surface area contributed by atoms with Crippen molar-refractivity contribution in [2.24, 2.45) is 0 Å². The highest BCUT2D eigenvalue weighted by atomic mass is 16.4. The van der Waals surface area contributed by atoms with Gasteiger partial charge in [-0.05, 0) is 51.8 Å². The van der Waals surface area contributed by atoms with E-state index in [1.807, 2.05) is 13.0 Å². The summed E-state index contributed by atoms with van der Waals surface area (Å²) < 4.78 is 2.32. The number of carboxylic acids is 1. The average molecular weight is 329 g/mol. The molecule has 130 valence electrons. The summed E-state index contributed by atoms with van der Waals surface area (Å²) in [5.41, 5.74) is 2.20. The van der Waals surface area contributed by atoms with E-state index < -0.39 is 5.97 Å². The maximum atomic E-state index is 11.5. The largest absolute Gasteiger partial charge is 0.480 e. The first kappa shape index (κ1) is 17.0. The minimum absolute atomic E-state index is 0.293. The van der Waals surface area contributed by atoms with E-state index in [4.69, 9.17) is 4.98 Å². The molecule has 0 saturated carbocycles. The second-order valence-electron chi connectivity index (χ2n) is 7.02. The van der Waals surface area contributed by atoms with Gasteiger partial charge in [0.25, 0.3) is 0 Å². The minimum Gasteiger partial charge on any atom is -0.480 e. The molecule has 1 aromatic heterocycles. The molecule has 5 heteroatoms. The van der Waals surface area contributed by atoms with Crippen molar-refractivity contribution in [3.8, 4) is 0 Å². The molecule has 1 N–H and O–H groups in total. The maximum Gasteiger partial charge on any atom is 0.320 e. The lowest BCUT2D eigenvalue weighted by atomic mass is 9.95. The number of fused-ring (bicyclic) bond motifs is 1. The van der Waals surface area contributed by atoms with Crippen LogP contribution in [0.4, 0.5) is 0 Å². The van der Waals surface area contributed by atoms with Crippen molar-refractivity contribution < 1.29 is 9.90 Å². The molecule has 2 heterocycles. The number of carboxylic acid groups (broad SMARTS) is 1. The van der Waals surface area contributed by atoms with Crippen molar-refractivity contribution in [2.45, 2.75) is 58.0 Å². The number of carbonyl (C=O) groups is 1. The van der Waals surface area contributed by atoms with Gasteiger partial charge in [-0.3, -0.25) is 9.69 Å². The molecule has 1 aliphatic heterocycles. The fourth-order valence-corrected chi connectivity index (χ4v) is 3.98. The summed E-state index contributed by atoms with van der Waals surface area (Å²) in [4.78, 5) is 18.6. The molecule has 0 aliphatic carbocycles. The van der Waals surface area contributed by atoms with Crippen LogP contribution in [-0.2, 0) is 4.79 Å². The second-order valence-corrected chi connectivity index (χ2v) is 7.02. The SMILES string of the molecule is CC[C@H](C(=O)O)N1CCC[C@H](c2nc3ccccc3n2C(C)C)C1. The van der Waals surface area contributed by atoms with Crippen molar-refractivity contribution >= 4 is 17.0 Å². The Morgan fingerprint density at radius 2 is 2.12 bits per heavy atom. The molecule has 1 aromatic carbocycles. The van der Waals surface area contributed by atoms with Crippen molar-refractivity contribution in [3.05, 3.63) is 30.1 Å². The fraction of sp³-hybridized carbons (Fsp3) is 0.579. The number of piperidine rings is 1. The van der Waals surface area contributed by atoms with Crippen LogP contribution in [0.3, 0.4) is 0 Å². The van der Waals surface area contributed by atoms with Gasteiger partial charge in [-0.1, -0.05) is 19.1 Å². The van der Waals surface area contributed by atoms with E-state index in [1.165, 1.54) is 5.52 Å². The topological polar surface area (TPSA) is 58.4 Å². The average Bonchev–Trinajstić information content (AvgIpc) is 2.95. The van der Waals surface area contributed by atoms with Crippen molar-refractivity contribution in [3.63, 3.8) is 0 Å². The smallest absolute Gasteiger partial charge is 0.320 e. The number of aromatic nitrogens is 2. The molecule has 24 heavy (non-hydrogen) atoms. The number of aliphatic carboxylic acids is 1. The van der Waals surface area contributed by atoms with Crippen molar-refractivity contribution in [1.29, 1.82) is 0 Å². The third-order valence-corrected chi connectivity index (χ3v) is 5.07. The zero-order chi connectivity index (χ0) is 17.3. The summed E-state index contributed by atoms with van der Waals surface area (Å²) in [6.07, 6.45) is 2.74. The third-order valence-electron chi connectivity index (χ3n) is 5.07. The van der Waals surface area contributed by atoms with Crippen LogP contribution in [0.2, 0.25) is 0 Å². The van der Waals surface area contributed by atoms with Gasteiger partial charge in [-0.2, -0.15) is 0 Å². The second kappa shape index (κ2) is 6.93. The van der Waals surface area contributed by atoms with Gasteiger partial charge in [-0.25, -0.2) is 4.98 Å². The molecule has 0 bridgehead atoms. The number of imidazole rings is 1. The summed E-state index contributed by atoms with van der Waals surface area (Å²) in [5.74, 6) is 0.689. The zero-order valence-electron chi connectivity index (χ0n) is 14.8. The van der Waals surface area contributed by atoms with Crippen LogP contribution < -0.4 is 0 Å². The van der Waals surface area contributed by atoms with Crippen LogP contribution in [0.5, 0.6) is 0 Å². The van der Waals surface area contributed by atoms with E-state index in [0.717, 1.165) is 37.3 Å². The van der Waals surface area contributed by atoms with Gasteiger partial charge < -0.3 is 9.67 Å². The molecule has 2 aromatic rings. The number of hydrogen-bond donors (Lipinski definition) is 1. The van der Waals surface area contributed by atoms with Gasteiger partial charge in [0.2, 0.25) is 0 Å². The molecule has 0 radical (unpaired) electrons. The summed E-state index contributed by atoms with van der Waals surface area (Å²) in [6.45, 7) is 7.96. The first-order valence-electron chi connectivity index (χ1n) is 8.96. The Bertz CT molecular complexity index is 722. The van der Waals surface area contributed by atoms with Gasteiger partial charge in [0.15, 0.2) is 0 Å². The lowest BCUT2D eigenvalue weighted by Crippen LogP contribution is -2.46. The van der Waals surface area contributed by atoms with E-state index >= 15 is 0 Å². The molecular formula is C19H27N3O2. The molecule has 0 spiro atoms. The van der Waals surface area contributed by atoms with Gasteiger partial charge in [-0.15, -0.1) is 0 Å². The number of nitrogens with zero attached hydrogens (tertiary/aromatic N) is 3. The highest BCUT2D eigenvalue weighted by Crippen LogP contribution is 2.32. The van der Waals surface area contributed by atoms with E-state index in [-0.39, 0.29) is 6.04 Å². The molecule has 2 atom stereocenters. The Balaban J connectivity index is 1.95. The lowest BCUT2D eigenvalue weighted by Gasteiger charge is -2.36. The zero-order valence-corrected chi connectivity index (χ0v) is 14.8. The summed E-state index contributed by atoms with van der Waals surface area (Å²) >= 11 is 0. The normalized spacial score (nSPS) is 20.6. The van der Waals surface area contributed by atoms with E-state index in [9.17, 15) is 9.90 Å². The Labute approximate surface area is 143 Å². The summed E-state index contributed by atoms with van der Waals surface area (Å²) in [5, 5.41) is 9.48. The van der Waals surface area contributed by atoms with Crippen LogP contribution in [0.15, 0.2) is 24.3 Å². The highest BCUT2D eigenvalue weighted by Gasteiger charge is 2.32. The summed E-state index contributed by atoms with van der Waals surface area (Å²) in [7, 11) is 0. The predicted octanol–water partition coefficient (Wildman–Crippen LogP) is 3.66. The summed E-state index contributed by atoms with van der Waals surface area (Å²) in [6, 6.07) is 8.21. The van der Waals surface area contributed by atoms with Gasteiger partial charge in [0, 0.05) is 18.5 Å². The minimum atomic E-state index is -0.712. The molecular weight excluding hydrogens is 302 g/mol. The number of hydrogen-bond acceptors (Lipinski definition) is 3. The van der Waals surface area contributed by atoms with E-state index in [0.29, 0.717) is 18.4 Å². The van der Waals surface area contributed by atoms with E-state index in [2.05, 4.69) is 41.5 Å². The molecule has 3 rings (SSSR count). The Kier molecular flexibility index (Phi) is 4.90. The molecule has 0 amide bonds. The molecule has 1 fully saturated rings. The molecule has 1 saturated heterocycles. The van der Waals surface area contributed by atoms with Crippen LogP contribution in [-0.4, -0.2) is 44.7 Å². The van der Waals surface area contributed by atoms with Gasteiger partial charge in [0.1, 0.15) is 11.9 Å². The number of rotatable bonds is 5. The van der Waals surface area contributed by atoms with Crippen LogP contribution in [0.1, 0.15) is 57.8 Å². The number of likely N-dealkylation sites (tertiary alicyclic amines) is 1. The van der Waals surface area contributed by atoms with Crippen molar-refractivity contribution in [1.82, 2.24) is 14.5 Å². The Morgan fingerprint density at radius 3 is 2.79 bits per heavy atom.